The summed E-state index contributed by atoms with van der Waals surface area (Å²) in [5.74, 6) is -0.234. The van der Waals surface area contributed by atoms with Gasteiger partial charge in [-0.25, -0.2) is 5.48 Å². The lowest BCUT2D eigenvalue weighted by Crippen LogP contribution is -2.26. The number of carbonyl (C=O) groups is 2. The predicted molar refractivity (Wildman–Crippen MR) is 102 cm³/mol. The number of H-pyrrole nitrogens is 1. The van der Waals surface area contributed by atoms with E-state index in [0.29, 0.717) is 17.9 Å². The van der Waals surface area contributed by atoms with Crippen LogP contribution in [-0.2, 0) is 4.79 Å². The van der Waals surface area contributed by atoms with E-state index in [4.69, 9.17) is 9.94 Å². The fourth-order valence-corrected chi connectivity index (χ4v) is 2.57. The van der Waals surface area contributed by atoms with Crippen LogP contribution in [0.4, 0.5) is 0 Å². The fourth-order valence-electron chi connectivity index (χ4n) is 2.57. The summed E-state index contributed by atoms with van der Waals surface area (Å²) < 4.78 is 5.49. The Morgan fingerprint density at radius 3 is 2.67 bits per heavy atom. The largest absolute Gasteiger partial charge is 0.492 e. The molecule has 0 radical (unpaired) electrons. The zero-order valence-corrected chi connectivity index (χ0v) is 14.4. The number of nitrogens with one attached hydrogen (secondary N) is 3. The maximum atomic E-state index is 11.9. The highest BCUT2D eigenvalue weighted by molar-refractivity contribution is 5.96. The second-order valence-corrected chi connectivity index (χ2v) is 5.73. The van der Waals surface area contributed by atoms with Gasteiger partial charge in [-0.15, -0.1) is 0 Å². The smallest absolute Gasteiger partial charge is 0.274 e. The van der Waals surface area contributed by atoms with Gasteiger partial charge in [-0.05, 0) is 42.0 Å². The normalized spacial score (nSPS) is 10.9. The number of fused-ring (bicyclic) bond motifs is 1. The summed E-state index contributed by atoms with van der Waals surface area (Å²) in [6.07, 6.45) is 5.11. The Hall–Kier alpha value is -3.58. The molecule has 0 bridgehead atoms. The average molecular weight is 365 g/mol. The molecule has 138 valence electrons. The van der Waals surface area contributed by atoms with Gasteiger partial charge < -0.3 is 15.0 Å². The van der Waals surface area contributed by atoms with Crippen molar-refractivity contribution in [3.8, 4) is 5.75 Å². The molecular weight excluding hydrogens is 346 g/mol. The molecule has 3 aromatic rings. The van der Waals surface area contributed by atoms with Crippen molar-refractivity contribution >= 4 is 28.8 Å². The summed E-state index contributed by atoms with van der Waals surface area (Å²) in [5, 5.41) is 12.4. The number of aromatic nitrogens is 1. The van der Waals surface area contributed by atoms with Crippen molar-refractivity contribution in [2.75, 3.05) is 13.2 Å². The topological polar surface area (TPSA) is 103 Å². The first-order chi connectivity index (χ1) is 13.2. The van der Waals surface area contributed by atoms with Crippen LogP contribution in [0.15, 0.2) is 60.8 Å². The Balaban J connectivity index is 1.44. The molecule has 0 aliphatic carbocycles. The number of aromatic amines is 1. The summed E-state index contributed by atoms with van der Waals surface area (Å²) in [4.78, 5) is 26.3. The molecule has 0 atom stereocenters. The summed E-state index contributed by atoms with van der Waals surface area (Å²) in [5.41, 5.74) is 3.85. The van der Waals surface area contributed by atoms with Gasteiger partial charge in [-0.2, -0.15) is 0 Å². The summed E-state index contributed by atoms with van der Waals surface area (Å²) in [7, 11) is 0. The first kappa shape index (κ1) is 18.2. The van der Waals surface area contributed by atoms with Crippen LogP contribution < -0.4 is 15.5 Å². The molecular formula is C20H19N3O4. The van der Waals surface area contributed by atoms with E-state index in [-0.39, 0.29) is 12.5 Å². The quantitative estimate of drug-likeness (QED) is 0.223. The number of hydrogen-bond donors (Lipinski definition) is 4. The summed E-state index contributed by atoms with van der Waals surface area (Å²) in [6.45, 7) is 0.633. The van der Waals surface area contributed by atoms with Crippen molar-refractivity contribution in [3.63, 3.8) is 0 Å². The fraction of sp³-hybridized carbons (Fsp3) is 0.100. The van der Waals surface area contributed by atoms with Gasteiger partial charge in [0.25, 0.3) is 5.91 Å². The van der Waals surface area contributed by atoms with Gasteiger partial charge in [0, 0.05) is 28.7 Å². The van der Waals surface area contributed by atoms with E-state index in [1.807, 2.05) is 30.5 Å². The first-order valence-corrected chi connectivity index (χ1v) is 8.36. The Bertz CT molecular complexity index is 961. The lowest BCUT2D eigenvalue weighted by Gasteiger charge is -2.07. The van der Waals surface area contributed by atoms with Crippen LogP contribution in [0.2, 0.25) is 0 Å². The highest BCUT2D eigenvalue weighted by Crippen LogP contribution is 2.18. The third kappa shape index (κ3) is 4.74. The lowest BCUT2D eigenvalue weighted by molar-refractivity contribution is -0.116. The number of hydrogen-bond acceptors (Lipinski definition) is 4. The zero-order valence-electron chi connectivity index (χ0n) is 14.4. The molecule has 0 saturated heterocycles. The average Bonchev–Trinajstić information content (AvgIpc) is 3.12. The van der Waals surface area contributed by atoms with Crippen molar-refractivity contribution < 1.29 is 19.5 Å². The Morgan fingerprint density at radius 2 is 1.89 bits per heavy atom. The molecule has 7 heteroatoms. The van der Waals surface area contributed by atoms with Crippen molar-refractivity contribution in [1.82, 2.24) is 15.8 Å². The van der Waals surface area contributed by atoms with Gasteiger partial charge in [0.15, 0.2) is 0 Å². The van der Waals surface area contributed by atoms with E-state index in [1.165, 1.54) is 18.2 Å². The molecule has 1 heterocycles. The van der Waals surface area contributed by atoms with Gasteiger partial charge in [0.1, 0.15) is 12.4 Å². The van der Waals surface area contributed by atoms with E-state index >= 15 is 0 Å². The molecule has 4 N–H and O–H groups in total. The van der Waals surface area contributed by atoms with E-state index in [1.54, 1.807) is 23.7 Å². The molecule has 0 saturated carbocycles. The van der Waals surface area contributed by atoms with Gasteiger partial charge in [-0.1, -0.05) is 18.2 Å². The minimum Gasteiger partial charge on any atom is -0.492 e. The highest BCUT2D eigenvalue weighted by Gasteiger charge is 2.04. The molecule has 0 aliphatic rings. The second kappa shape index (κ2) is 8.68. The maximum absolute atomic E-state index is 11.9. The van der Waals surface area contributed by atoms with E-state index in [0.717, 1.165) is 16.5 Å². The third-order valence-corrected chi connectivity index (χ3v) is 3.92. The van der Waals surface area contributed by atoms with Crippen molar-refractivity contribution in [2.24, 2.45) is 0 Å². The van der Waals surface area contributed by atoms with Crippen molar-refractivity contribution in [3.05, 3.63) is 71.9 Å². The monoisotopic (exact) mass is 365 g/mol. The zero-order chi connectivity index (χ0) is 19.1. The molecule has 7 nitrogen and oxygen atoms in total. The van der Waals surface area contributed by atoms with Crippen molar-refractivity contribution in [1.29, 1.82) is 0 Å². The SMILES string of the molecule is O=C(C=Cc1c[nH]c2ccccc12)NCCOc1ccc(C(=O)NO)cc1. The predicted octanol–water partition coefficient (Wildman–Crippen LogP) is 2.50. The van der Waals surface area contributed by atoms with Gasteiger partial charge in [-0.3, -0.25) is 14.8 Å². The Kier molecular flexibility index (Phi) is 5.86. The van der Waals surface area contributed by atoms with Crippen LogP contribution in [0.3, 0.4) is 0 Å². The number of rotatable bonds is 7. The number of amides is 2. The van der Waals surface area contributed by atoms with Crippen molar-refractivity contribution in [2.45, 2.75) is 0 Å². The number of ether oxygens (including phenoxy) is 1. The molecule has 27 heavy (non-hydrogen) atoms. The molecule has 1 aromatic heterocycles. The molecule has 3 rings (SSSR count). The minimum absolute atomic E-state index is 0.209. The van der Waals surface area contributed by atoms with Gasteiger partial charge >= 0.3 is 0 Å². The minimum atomic E-state index is -0.587. The molecule has 0 spiro atoms. The highest BCUT2D eigenvalue weighted by atomic mass is 16.5. The molecule has 2 aromatic carbocycles. The van der Waals surface area contributed by atoms with Crippen LogP contribution in [0, 0.1) is 0 Å². The Morgan fingerprint density at radius 1 is 1.11 bits per heavy atom. The first-order valence-electron chi connectivity index (χ1n) is 8.36. The van der Waals surface area contributed by atoms with E-state index in [9.17, 15) is 9.59 Å². The van der Waals surface area contributed by atoms with Crippen LogP contribution >= 0.6 is 0 Å². The van der Waals surface area contributed by atoms with E-state index in [2.05, 4.69) is 10.3 Å². The molecule has 2 amide bonds. The Labute approximate surface area is 155 Å². The van der Waals surface area contributed by atoms with E-state index < -0.39 is 5.91 Å². The summed E-state index contributed by atoms with van der Waals surface area (Å²) >= 11 is 0. The van der Waals surface area contributed by atoms with Crippen LogP contribution in [0.25, 0.3) is 17.0 Å². The lowest BCUT2D eigenvalue weighted by atomic mass is 10.1. The standard InChI is InChI=1S/C20H19N3O4/c24-19(10-7-15-13-22-18-4-2-1-3-17(15)18)21-11-12-27-16-8-5-14(6-9-16)20(25)23-26/h1-10,13,22,26H,11-12H2,(H,21,24)(H,23,25). The van der Waals surface area contributed by atoms with Crippen LogP contribution in [0.5, 0.6) is 5.75 Å². The molecule has 0 fully saturated rings. The van der Waals surface area contributed by atoms with Crippen LogP contribution in [-0.4, -0.2) is 35.2 Å². The third-order valence-electron chi connectivity index (χ3n) is 3.92. The molecule has 0 aliphatic heterocycles. The number of benzene rings is 2. The number of carbonyl (C=O) groups excluding carboxylic acids is 2. The molecule has 0 unspecified atom stereocenters. The second-order valence-electron chi connectivity index (χ2n) is 5.73. The number of hydroxylamine groups is 1. The van der Waals surface area contributed by atoms with Gasteiger partial charge in [0.05, 0.1) is 6.54 Å². The maximum Gasteiger partial charge on any atom is 0.274 e. The summed E-state index contributed by atoms with van der Waals surface area (Å²) in [6, 6.07) is 14.2. The van der Waals surface area contributed by atoms with Crippen LogP contribution in [0.1, 0.15) is 15.9 Å². The van der Waals surface area contributed by atoms with Gasteiger partial charge in [0.2, 0.25) is 5.91 Å². The number of para-hydroxylation sites is 1.